The Labute approximate surface area is 133 Å². The minimum absolute atomic E-state index is 0.118. The van der Waals surface area contributed by atoms with Crippen molar-refractivity contribution >= 4 is 11.6 Å². The highest BCUT2D eigenvalue weighted by Gasteiger charge is 2.19. The molecule has 0 aromatic heterocycles. The molecule has 0 heterocycles. The fourth-order valence-electron chi connectivity index (χ4n) is 1.85. The lowest BCUT2D eigenvalue weighted by Gasteiger charge is -2.14. The number of non-ortho nitro benzene ring substituents is 1. The maximum atomic E-state index is 12.3. The third kappa shape index (κ3) is 3.93. The van der Waals surface area contributed by atoms with Crippen LogP contribution < -0.4 is 0 Å². The lowest BCUT2D eigenvalue weighted by atomic mass is 10.1. The largest absolute Gasteiger partial charge is 0.278 e. The Kier molecular flexibility index (Phi) is 5.07. The summed E-state index contributed by atoms with van der Waals surface area (Å²) in [6, 6.07) is 13.2. The lowest BCUT2D eigenvalue weighted by molar-refractivity contribution is -0.384. The van der Waals surface area contributed by atoms with Crippen molar-refractivity contribution in [1.29, 1.82) is 0 Å². The van der Waals surface area contributed by atoms with E-state index < -0.39 is 10.8 Å². The van der Waals surface area contributed by atoms with Gasteiger partial charge in [-0.1, -0.05) is 30.0 Å². The van der Waals surface area contributed by atoms with Crippen molar-refractivity contribution in [2.45, 2.75) is 0 Å². The minimum Gasteiger partial charge on any atom is -0.274 e. The molecule has 2 aromatic rings. The molecular formula is C17H14N2O4. The zero-order chi connectivity index (χ0) is 16.8. The number of hydroxylamine groups is 2. The fourth-order valence-corrected chi connectivity index (χ4v) is 1.85. The first-order chi connectivity index (χ1) is 11.0. The Morgan fingerprint density at radius 1 is 1.17 bits per heavy atom. The van der Waals surface area contributed by atoms with E-state index in [0.717, 1.165) is 10.6 Å². The van der Waals surface area contributed by atoms with E-state index in [9.17, 15) is 14.9 Å². The van der Waals surface area contributed by atoms with Crippen LogP contribution in [0.4, 0.5) is 5.69 Å². The van der Waals surface area contributed by atoms with Crippen LogP contribution in [-0.2, 0) is 4.84 Å². The number of amides is 1. The number of hydrogen-bond donors (Lipinski definition) is 0. The molecule has 1 amide bonds. The number of rotatable bonds is 3. The molecule has 2 rings (SSSR count). The number of carbonyl (C=O) groups excluding carboxylic acids is 1. The van der Waals surface area contributed by atoms with Gasteiger partial charge >= 0.3 is 0 Å². The Balaban J connectivity index is 2.48. The van der Waals surface area contributed by atoms with Crippen LogP contribution in [-0.4, -0.2) is 30.1 Å². The summed E-state index contributed by atoms with van der Waals surface area (Å²) in [6.45, 7) is 0. The van der Waals surface area contributed by atoms with E-state index in [0.29, 0.717) is 5.56 Å². The number of benzene rings is 2. The van der Waals surface area contributed by atoms with Crippen molar-refractivity contribution < 1.29 is 14.6 Å². The summed E-state index contributed by atoms with van der Waals surface area (Å²) in [5.41, 5.74) is 1.12. The number of carbonyl (C=O) groups is 1. The quantitative estimate of drug-likeness (QED) is 0.496. The third-order valence-electron chi connectivity index (χ3n) is 3.12. The Morgan fingerprint density at radius 3 is 2.48 bits per heavy atom. The van der Waals surface area contributed by atoms with E-state index in [1.165, 1.54) is 32.4 Å². The first-order valence-corrected chi connectivity index (χ1v) is 6.70. The van der Waals surface area contributed by atoms with Crippen molar-refractivity contribution in [2.24, 2.45) is 0 Å². The summed E-state index contributed by atoms with van der Waals surface area (Å²) in [4.78, 5) is 27.5. The highest BCUT2D eigenvalue weighted by atomic mass is 16.7. The van der Waals surface area contributed by atoms with Crippen molar-refractivity contribution in [3.63, 3.8) is 0 Å². The van der Waals surface area contributed by atoms with E-state index in [4.69, 9.17) is 4.84 Å². The van der Waals surface area contributed by atoms with Gasteiger partial charge in [0.25, 0.3) is 11.6 Å². The van der Waals surface area contributed by atoms with Gasteiger partial charge in [-0.15, -0.1) is 0 Å². The summed E-state index contributed by atoms with van der Waals surface area (Å²) in [5.74, 6) is 5.30. The van der Waals surface area contributed by atoms with Gasteiger partial charge in [0.05, 0.1) is 17.6 Å². The summed E-state index contributed by atoms with van der Waals surface area (Å²) < 4.78 is 0. The van der Waals surface area contributed by atoms with Gasteiger partial charge < -0.3 is 0 Å². The van der Waals surface area contributed by atoms with E-state index in [1.807, 2.05) is 30.3 Å². The Bertz CT molecular complexity index is 791. The van der Waals surface area contributed by atoms with E-state index in [2.05, 4.69) is 11.8 Å². The second-order valence-corrected chi connectivity index (χ2v) is 4.59. The van der Waals surface area contributed by atoms with Crippen LogP contribution in [0.5, 0.6) is 0 Å². The molecule has 6 heteroatoms. The van der Waals surface area contributed by atoms with Crippen LogP contribution in [0.25, 0.3) is 0 Å². The smallest absolute Gasteiger partial charge is 0.274 e. The lowest BCUT2D eigenvalue weighted by Crippen LogP contribution is -2.26. The van der Waals surface area contributed by atoms with Gasteiger partial charge in [-0.2, -0.15) is 0 Å². The summed E-state index contributed by atoms with van der Waals surface area (Å²) in [7, 11) is 2.76. The van der Waals surface area contributed by atoms with Gasteiger partial charge in [0.1, 0.15) is 0 Å². The molecular weight excluding hydrogens is 296 g/mol. The van der Waals surface area contributed by atoms with Crippen LogP contribution in [0, 0.1) is 22.0 Å². The number of nitrogens with zero attached hydrogens (tertiary/aromatic N) is 2. The molecule has 0 N–H and O–H groups in total. The molecule has 0 fully saturated rings. The van der Waals surface area contributed by atoms with Gasteiger partial charge in [-0.3, -0.25) is 19.7 Å². The Morgan fingerprint density at radius 2 is 1.87 bits per heavy atom. The van der Waals surface area contributed by atoms with Crippen molar-refractivity contribution in [3.05, 3.63) is 75.3 Å². The molecule has 0 aliphatic carbocycles. The average Bonchev–Trinajstić information content (AvgIpc) is 2.59. The predicted octanol–water partition coefficient (Wildman–Crippen LogP) is 2.63. The van der Waals surface area contributed by atoms with E-state index >= 15 is 0 Å². The summed E-state index contributed by atoms with van der Waals surface area (Å²) in [5, 5.41) is 11.9. The molecule has 2 aromatic carbocycles. The van der Waals surface area contributed by atoms with Crippen molar-refractivity contribution in [2.75, 3.05) is 14.2 Å². The second-order valence-electron chi connectivity index (χ2n) is 4.59. The van der Waals surface area contributed by atoms with Crippen LogP contribution in [0.1, 0.15) is 21.5 Å². The highest BCUT2D eigenvalue weighted by Crippen LogP contribution is 2.19. The molecule has 23 heavy (non-hydrogen) atoms. The number of nitro groups is 1. The molecule has 0 bridgehead atoms. The monoisotopic (exact) mass is 310 g/mol. The standard InChI is InChI=1S/C17H14N2O4/c1-18(23-2)17(20)16-12-15(19(21)22)11-10-14(16)9-8-13-6-4-3-5-7-13/h3-7,10-12H,1-2H3. The predicted molar refractivity (Wildman–Crippen MR) is 84.6 cm³/mol. The molecule has 116 valence electrons. The molecule has 0 atom stereocenters. The molecule has 6 nitrogen and oxygen atoms in total. The fraction of sp³-hybridized carbons (Fsp3) is 0.118. The first-order valence-electron chi connectivity index (χ1n) is 6.70. The van der Waals surface area contributed by atoms with E-state index in [-0.39, 0.29) is 11.3 Å². The molecule has 0 saturated heterocycles. The van der Waals surface area contributed by atoms with Crippen LogP contribution in [0.3, 0.4) is 0 Å². The maximum Gasteiger partial charge on any atom is 0.278 e. The van der Waals surface area contributed by atoms with Crippen molar-refractivity contribution in [3.8, 4) is 11.8 Å². The number of hydrogen-bond acceptors (Lipinski definition) is 4. The SMILES string of the molecule is CON(C)C(=O)c1cc([N+](=O)[O-])ccc1C#Cc1ccccc1. The second kappa shape index (κ2) is 7.20. The molecule has 0 saturated carbocycles. The minimum atomic E-state index is -0.558. The van der Waals surface area contributed by atoms with E-state index in [1.54, 1.807) is 0 Å². The van der Waals surface area contributed by atoms with Gasteiger partial charge in [-0.25, -0.2) is 5.06 Å². The molecule has 0 spiro atoms. The van der Waals surface area contributed by atoms with Gasteiger partial charge in [0, 0.05) is 30.3 Å². The third-order valence-corrected chi connectivity index (χ3v) is 3.12. The number of nitro benzene ring substituents is 1. The molecule has 0 unspecified atom stereocenters. The zero-order valence-electron chi connectivity index (χ0n) is 12.6. The van der Waals surface area contributed by atoms with Gasteiger partial charge in [0.15, 0.2) is 0 Å². The van der Waals surface area contributed by atoms with Crippen LogP contribution in [0.2, 0.25) is 0 Å². The van der Waals surface area contributed by atoms with Crippen molar-refractivity contribution in [1.82, 2.24) is 5.06 Å². The van der Waals surface area contributed by atoms with Crippen LogP contribution >= 0.6 is 0 Å². The molecule has 0 aliphatic rings. The maximum absolute atomic E-state index is 12.3. The molecule has 0 radical (unpaired) electrons. The average molecular weight is 310 g/mol. The topological polar surface area (TPSA) is 72.7 Å². The normalized spacial score (nSPS) is 9.65. The van der Waals surface area contributed by atoms with Gasteiger partial charge in [-0.05, 0) is 18.2 Å². The summed E-state index contributed by atoms with van der Waals surface area (Å²) >= 11 is 0. The van der Waals surface area contributed by atoms with Gasteiger partial charge in [0.2, 0.25) is 0 Å². The zero-order valence-corrected chi connectivity index (χ0v) is 12.6. The first kappa shape index (κ1) is 16.2. The highest BCUT2D eigenvalue weighted by molar-refractivity contribution is 5.96. The summed E-state index contributed by atoms with van der Waals surface area (Å²) in [6.07, 6.45) is 0. The van der Waals surface area contributed by atoms with Crippen LogP contribution in [0.15, 0.2) is 48.5 Å². The molecule has 0 aliphatic heterocycles. The Hall–Kier alpha value is -3.17.